The van der Waals surface area contributed by atoms with Gasteiger partial charge >= 0.3 is 0 Å². The van der Waals surface area contributed by atoms with Gasteiger partial charge in [-0.1, -0.05) is 35.6 Å². The van der Waals surface area contributed by atoms with Crippen LogP contribution in [0.25, 0.3) is 10.2 Å². The molecule has 3 N–H and O–H groups in total. The van der Waals surface area contributed by atoms with E-state index in [4.69, 9.17) is 5.73 Å². The SMILES string of the molecule is CC(Nc1nc2ccccc2s1)c1cccc(N)c1. The van der Waals surface area contributed by atoms with Gasteiger partial charge in [-0.25, -0.2) is 4.98 Å². The van der Waals surface area contributed by atoms with E-state index in [0.29, 0.717) is 0 Å². The predicted octanol–water partition coefficient (Wildman–Crippen LogP) is 4.05. The largest absolute Gasteiger partial charge is 0.399 e. The summed E-state index contributed by atoms with van der Waals surface area (Å²) in [6, 6.07) is 16.3. The van der Waals surface area contributed by atoms with Crippen LogP contribution < -0.4 is 11.1 Å². The molecule has 0 saturated carbocycles. The van der Waals surface area contributed by atoms with Crippen LogP contribution >= 0.6 is 11.3 Å². The van der Waals surface area contributed by atoms with E-state index in [9.17, 15) is 0 Å². The molecule has 4 heteroatoms. The Morgan fingerprint density at radius 2 is 2.00 bits per heavy atom. The highest BCUT2D eigenvalue weighted by atomic mass is 32.1. The average molecular weight is 269 g/mol. The molecule has 3 aromatic rings. The Morgan fingerprint density at radius 3 is 2.79 bits per heavy atom. The Kier molecular flexibility index (Phi) is 3.09. The van der Waals surface area contributed by atoms with Crippen LogP contribution in [0, 0.1) is 0 Å². The molecule has 2 aromatic carbocycles. The van der Waals surface area contributed by atoms with Crippen molar-refractivity contribution >= 4 is 32.4 Å². The third kappa shape index (κ3) is 2.53. The van der Waals surface area contributed by atoms with Crippen molar-refractivity contribution in [3.63, 3.8) is 0 Å². The molecule has 1 atom stereocenters. The average Bonchev–Trinajstić information content (AvgIpc) is 2.80. The van der Waals surface area contributed by atoms with Crippen molar-refractivity contribution in [1.82, 2.24) is 4.98 Å². The zero-order valence-corrected chi connectivity index (χ0v) is 11.4. The molecule has 1 heterocycles. The van der Waals surface area contributed by atoms with E-state index in [0.717, 1.165) is 16.3 Å². The summed E-state index contributed by atoms with van der Waals surface area (Å²) in [5.41, 5.74) is 8.80. The number of fused-ring (bicyclic) bond motifs is 1. The normalized spacial score (nSPS) is 12.5. The Bertz CT molecular complexity index is 672. The fourth-order valence-electron chi connectivity index (χ4n) is 2.03. The Balaban J connectivity index is 1.84. The molecule has 0 bridgehead atoms. The highest BCUT2D eigenvalue weighted by Gasteiger charge is 2.09. The van der Waals surface area contributed by atoms with Crippen LogP contribution in [0.3, 0.4) is 0 Å². The van der Waals surface area contributed by atoms with Gasteiger partial charge in [0.15, 0.2) is 5.13 Å². The monoisotopic (exact) mass is 269 g/mol. The molecule has 0 aliphatic rings. The first-order chi connectivity index (χ1) is 9.22. The lowest BCUT2D eigenvalue weighted by Gasteiger charge is -2.13. The summed E-state index contributed by atoms with van der Waals surface area (Å²) >= 11 is 1.67. The van der Waals surface area contributed by atoms with Gasteiger partial charge in [-0.05, 0) is 36.8 Å². The number of nitrogens with two attached hydrogens (primary N) is 1. The zero-order valence-electron chi connectivity index (χ0n) is 10.6. The zero-order chi connectivity index (χ0) is 13.2. The van der Waals surface area contributed by atoms with Crippen molar-refractivity contribution in [2.24, 2.45) is 0 Å². The molecule has 0 saturated heterocycles. The first kappa shape index (κ1) is 12.0. The molecule has 0 amide bonds. The minimum absolute atomic E-state index is 0.184. The standard InChI is InChI=1S/C15H15N3S/c1-10(11-5-4-6-12(16)9-11)17-15-18-13-7-2-3-8-14(13)19-15/h2-10H,16H2,1H3,(H,17,18). The van der Waals surface area contributed by atoms with Crippen molar-refractivity contribution < 1.29 is 0 Å². The Hall–Kier alpha value is -2.07. The summed E-state index contributed by atoms with van der Waals surface area (Å²) < 4.78 is 1.20. The highest BCUT2D eigenvalue weighted by Crippen LogP contribution is 2.28. The molecule has 3 rings (SSSR count). The maximum absolute atomic E-state index is 5.81. The number of nitrogens with one attached hydrogen (secondary N) is 1. The van der Waals surface area contributed by atoms with Gasteiger partial charge in [-0.3, -0.25) is 0 Å². The molecule has 0 fully saturated rings. The number of thiazole rings is 1. The number of nitrogen functional groups attached to an aromatic ring is 1. The quantitative estimate of drug-likeness (QED) is 0.705. The second-order valence-corrected chi connectivity index (χ2v) is 5.55. The topological polar surface area (TPSA) is 50.9 Å². The molecule has 96 valence electrons. The minimum Gasteiger partial charge on any atom is -0.399 e. The summed E-state index contributed by atoms with van der Waals surface area (Å²) in [6.07, 6.45) is 0. The van der Waals surface area contributed by atoms with Crippen molar-refractivity contribution in [2.45, 2.75) is 13.0 Å². The molecular formula is C15H15N3S. The number of benzene rings is 2. The summed E-state index contributed by atoms with van der Waals surface area (Å²) in [5, 5.41) is 4.37. The van der Waals surface area contributed by atoms with Crippen LogP contribution in [0.5, 0.6) is 0 Å². The van der Waals surface area contributed by atoms with E-state index < -0.39 is 0 Å². The molecule has 0 radical (unpaired) electrons. The first-order valence-electron chi connectivity index (χ1n) is 6.20. The van der Waals surface area contributed by atoms with Crippen LogP contribution in [0.4, 0.5) is 10.8 Å². The van der Waals surface area contributed by atoms with E-state index in [1.54, 1.807) is 11.3 Å². The van der Waals surface area contributed by atoms with Gasteiger partial charge in [0.1, 0.15) is 0 Å². The fourth-order valence-corrected chi connectivity index (χ4v) is 2.98. The molecule has 0 aliphatic heterocycles. The van der Waals surface area contributed by atoms with Crippen LogP contribution in [-0.4, -0.2) is 4.98 Å². The second-order valence-electron chi connectivity index (χ2n) is 4.52. The van der Waals surface area contributed by atoms with E-state index in [1.165, 1.54) is 10.3 Å². The van der Waals surface area contributed by atoms with Crippen molar-refractivity contribution in [3.05, 3.63) is 54.1 Å². The van der Waals surface area contributed by atoms with E-state index >= 15 is 0 Å². The molecule has 0 spiro atoms. The van der Waals surface area contributed by atoms with Crippen LogP contribution in [0.2, 0.25) is 0 Å². The Labute approximate surface area is 116 Å². The summed E-state index contributed by atoms with van der Waals surface area (Å²) in [5.74, 6) is 0. The van der Waals surface area contributed by atoms with Crippen LogP contribution in [-0.2, 0) is 0 Å². The van der Waals surface area contributed by atoms with Gasteiger partial charge in [-0.15, -0.1) is 0 Å². The Morgan fingerprint density at radius 1 is 1.16 bits per heavy atom. The van der Waals surface area contributed by atoms with Gasteiger partial charge < -0.3 is 11.1 Å². The van der Waals surface area contributed by atoms with Crippen molar-refractivity contribution in [1.29, 1.82) is 0 Å². The number of nitrogens with zero attached hydrogens (tertiary/aromatic N) is 1. The maximum Gasteiger partial charge on any atom is 0.184 e. The number of aromatic nitrogens is 1. The number of hydrogen-bond donors (Lipinski definition) is 2. The van der Waals surface area contributed by atoms with E-state index in [2.05, 4.69) is 29.4 Å². The summed E-state index contributed by atoms with van der Waals surface area (Å²) in [7, 11) is 0. The third-order valence-electron chi connectivity index (χ3n) is 3.04. The molecule has 1 aromatic heterocycles. The van der Waals surface area contributed by atoms with Crippen molar-refractivity contribution in [3.8, 4) is 0 Å². The fraction of sp³-hybridized carbons (Fsp3) is 0.133. The number of hydrogen-bond acceptors (Lipinski definition) is 4. The smallest absolute Gasteiger partial charge is 0.184 e. The van der Waals surface area contributed by atoms with E-state index in [-0.39, 0.29) is 6.04 Å². The number of para-hydroxylation sites is 1. The molecule has 19 heavy (non-hydrogen) atoms. The van der Waals surface area contributed by atoms with E-state index in [1.807, 2.05) is 36.4 Å². The highest BCUT2D eigenvalue weighted by molar-refractivity contribution is 7.22. The summed E-state index contributed by atoms with van der Waals surface area (Å²) in [4.78, 5) is 4.58. The van der Waals surface area contributed by atoms with Crippen LogP contribution in [0.15, 0.2) is 48.5 Å². The van der Waals surface area contributed by atoms with Gasteiger partial charge in [0.2, 0.25) is 0 Å². The second kappa shape index (κ2) is 4.90. The van der Waals surface area contributed by atoms with Gasteiger partial charge in [0, 0.05) is 5.69 Å². The lowest BCUT2D eigenvalue weighted by Crippen LogP contribution is -2.06. The number of anilines is 2. The predicted molar refractivity (Wildman–Crippen MR) is 82.5 cm³/mol. The lowest BCUT2D eigenvalue weighted by atomic mass is 10.1. The molecular weight excluding hydrogens is 254 g/mol. The first-order valence-corrected chi connectivity index (χ1v) is 7.01. The third-order valence-corrected chi connectivity index (χ3v) is 4.01. The lowest BCUT2D eigenvalue weighted by molar-refractivity contribution is 0.883. The van der Waals surface area contributed by atoms with Gasteiger partial charge in [-0.2, -0.15) is 0 Å². The van der Waals surface area contributed by atoms with Crippen molar-refractivity contribution in [2.75, 3.05) is 11.1 Å². The molecule has 3 nitrogen and oxygen atoms in total. The molecule has 1 unspecified atom stereocenters. The number of rotatable bonds is 3. The van der Waals surface area contributed by atoms with Gasteiger partial charge in [0.25, 0.3) is 0 Å². The summed E-state index contributed by atoms with van der Waals surface area (Å²) in [6.45, 7) is 2.11. The minimum atomic E-state index is 0.184. The maximum atomic E-state index is 5.81. The molecule has 0 aliphatic carbocycles. The van der Waals surface area contributed by atoms with Gasteiger partial charge in [0.05, 0.1) is 16.3 Å². The van der Waals surface area contributed by atoms with Crippen LogP contribution in [0.1, 0.15) is 18.5 Å².